The Hall–Kier alpha value is -4.37. The molecule has 0 saturated carbocycles. The van der Waals surface area contributed by atoms with Crippen molar-refractivity contribution >= 4 is 43.9 Å². The van der Waals surface area contributed by atoms with Crippen LogP contribution in [-0.4, -0.2) is 4.98 Å². The summed E-state index contributed by atoms with van der Waals surface area (Å²) in [6.07, 6.45) is 1.90. The van der Waals surface area contributed by atoms with Crippen LogP contribution in [0, 0.1) is 13.8 Å². The third-order valence-electron chi connectivity index (χ3n) is 6.78. The van der Waals surface area contributed by atoms with Gasteiger partial charge >= 0.3 is 0 Å². The molecule has 0 aliphatic heterocycles. The van der Waals surface area contributed by atoms with Crippen molar-refractivity contribution in [2.24, 2.45) is 0 Å². The van der Waals surface area contributed by atoms with E-state index in [-0.39, 0.29) is 0 Å². The maximum absolute atomic E-state index is 6.37. The number of furan rings is 2. The molecule has 3 heterocycles. The Balaban J connectivity index is 1.70. The number of rotatable bonds is 2. The van der Waals surface area contributed by atoms with E-state index in [0.29, 0.717) is 0 Å². The van der Waals surface area contributed by atoms with Crippen LogP contribution in [-0.2, 0) is 0 Å². The van der Waals surface area contributed by atoms with Crippen LogP contribution in [0.15, 0.2) is 100.0 Å². The van der Waals surface area contributed by atoms with Crippen molar-refractivity contribution in [2.75, 3.05) is 0 Å². The molecule has 7 aromatic rings. The van der Waals surface area contributed by atoms with Crippen LogP contribution < -0.4 is 0 Å². The molecule has 0 bridgehead atoms. The van der Waals surface area contributed by atoms with Crippen molar-refractivity contribution in [1.82, 2.24) is 4.98 Å². The van der Waals surface area contributed by atoms with E-state index in [0.717, 1.165) is 66.3 Å². The predicted octanol–water partition coefficient (Wildman–Crippen LogP) is 8.83. The minimum absolute atomic E-state index is 0.835. The molecule has 0 fully saturated rings. The van der Waals surface area contributed by atoms with Crippen molar-refractivity contribution in [3.05, 3.63) is 102 Å². The van der Waals surface area contributed by atoms with Gasteiger partial charge in [0.05, 0.1) is 5.69 Å². The first kappa shape index (κ1) is 19.1. The van der Waals surface area contributed by atoms with E-state index in [9.17, 15) is 0 Å². The van der Waals surface area contributed by atoms with Crippen LogP contribution >= 0.6 is 0 Å². The Morgan fingerprint density at radius 3 is 1.76 bits per heavy atom. The normalized spacial score (nSPS) is 11.8. The maximum atomic E-state index is 6.37. The van der Waals surface area contributed by atoms with E-state index in [1.54, 1.807) is 0 Å². The molecule has 34 heavy (non-hydrogen) atoms. The minimum atomic E-state index is 0.835. The zero-order chi connectivity index (χ0) is 22.8. The van der Waals surface area contributed by atoms with Crippen LogP contribution in [0.4, 0.5) is 0 Å². The van der Waals surface area contributed by atoms with Crippen molar-refractivity contribution in [2.45, 2.75) is 13.8 Å². The fraction of sp³-hybridized carbons (Fsp3) is 0.0645. The number of hydrogen-bond acceptors (Lipinski definition) is 3. The van der Waals surface area contributed by atoms with Gasteiger partial charge < -0.3 is 8.83 Å². The molecule has 0 amide bonds. The molecule has 3 nitrogen and oxygen atoms in total. The largest absolute Gasteiger partial charge is 0.456 e. The monoisotopic (exact) mass is 439 g/mol. The second-order valence-electron chi connectivity index (χ2n) is 8.89. The molecule has 162 valence electrons. The highest BCUT2D eigenvalue weighted by Gasteiger charge is 2.22. The molecular formula is C31H21NO2. The summed E-state index contributed by atoms with van der Waals surface area (Å²) >= 11 is 0. The Morgan fingerprint density at radius 1 is 0.529 bits per heavy atom. The molecule has 0 saturated heterocycles. The number of hydrogen-bond donors (Lipinski definition) is 0. The van der Waals surface area contributed by atoms with E-state index in [2.05, 4.69) is 55.2 Å². The summed E-state index contributed by atoms with van der Waals surface area (Å²) < 4.78 is 12.7. The minimum Gasteiger partial charge on any atom is -0.456 e. The number of fused-ring (bicyclic) bond motifs is 6. The molecule has 4 aromatic carbocycles. The zero-order valence-corrected chi connectivity index (χ0v) is 18.9. The van der Waals surface area contributed by atoms with E-state index in [4.69, 9.17) is 8.83 Å². The fourth-order valence-electron chi connectivity index (χ4n) is 5.26. The summed E-state index contributed by atoms with van der Waals surface area (Å²) in [7, 11) is 0. The highest BCUT2D eigenvalue weighted by atomic mass is 16.3. The third kappa shape index (κ3) is 2.67. The van der Waals surface area contributed by atoms with Crippen molar-refractivity contribution in [3.8, 4) is 22.4 Å². The van der Waals surface area contributed by atoms with Crippen molar-refractivity contribution in [1.29, 1.82) is 0 Å². The van der Waals surface area contributed by atoms with Gasteiger partial charge in [-0.05, 0) is 54.8 Å². The van der Waals surface area contributed by atoms with E-state index in [1.807, 2.05) is 54.7 Å². The number of benzene rings is 4. The lowest BCUT2D eigenvalue weighted by Gasteiger charge is -2.10. The van der Waals surface area contributed by atoms with Crippen LogP contribution in [0.25, 0.3) is 66.3 Å². The molecule has 0 radical (unpaired) electrons. The highest BCUT2D eigenvalue weighted by molar-refractivity contribution is 6.26. The lowest BCUT2D eigenvalue weighted by Crippen LogP contribution is -1.88. The summed E-state index contributed by atoms with van der Waals surface area (Å²) in [5, 5.41) is 4.54. The van der Waals surface area contributed by atoms with Gasteiger partial charge in [0.1, 0.15) is 22.3 Å². The lowest BCUT2D eigenvalue weighted by molar-refractivity contribution is 0.656. The van der Waals surface area contributed by atoms with Gasteiger partial charge in [-0.15, -0.1) is 0 Å². The first-order valence-electron chi connectivity index (χ1n) is 11.5. The standard InChI is InChI=1S/C31H21NO2/c1-18-8-6-12-23-27(18)30-25(33-23)17-26-31(28-19(2)9-7-13-24(28)34-26)29(30)21-14-15-32-22(16-21)20-10-4-3-5-11-20/h3-17H,1-2H3. The molecule has 0 spiro atoms. The second-order valence-corrected chi connectivity index (χ2v) is 8.89. The Bertz CT molecular complexity index is 1780. The van der Waals surface area contributed by atoms with Crippen molar-refractivity contribution < 1.29 is 8.83 Å². The SMILES string of the molecule is Cc1cccc2oc3cc4oc5cccc(C)c5c4c(-c4ccnc(-c5ccccc5)c4)c3c12. The fourth-order valence-corrected chi connectivity index (χ4v) is 5.26. The van der Waals surface area contributed by atoms with Gasteiger partial charge in [0.2, 0.25) is 0 Å². The van der Waals surface area contributed by atoms with Crippen LogP contribution in [0.1, 0.15) is 11.1 Å². The van der Waals surface area contributed by atoms with Gasteiger partial charge in [0.15, 0.2) is 0 Å². The second kappa shape index (κ2) is 7.06. The van der Waals surface area contributed by atoms with Gasteiger partial charge in [0, 0.05) is 44.9 Å². The summed E-state index contributed by atoms with van der Waals surface area (Å²) in [5.74, 6) is 0. The van der Waals surface area contributed by atoms with E-state index >= 15 is 0 Å². The molecule has 0 atom stereocenters. The van der Waals surface area contributed by atoms with Crippen LogP contribution in [0.5, 0.6) is 0 Å². The average molecular weight is 440 g/mol. The molecular weight excluding hydrogens is 418 g/mol. The Kier molecular flexibility index (Phi) is 3.97. The van der Waals surface area contributed by atoms with Gasteiger partial charge in [-0.3, -0.25) is 4.98 Å². The maximum Gasteiger partial charge on any atom is 0.139 e. The molecule has 0 aliphatic rings. The summed E-state index contributed by atoms with van der Waals surface area (Å²) in [6.45, 7) is 4.29. The van der Waals surface area contributed by atoms with Crippen molar-refractivity contribution in [3.63, 3.8) is 0 Å². The van der Waals surface area contributed by atoms with Gasteiger partial charge in [0.25, 0.3) is 0 Å². The highest BCUT2D eigenvalue weighted by Crippen LogP contribution is 2.46. The molecule has 3 heteroatoms. The zero-order valence-electron chi connectivity index (χ0n) is 18.9. The smallest absolute Gasteiger partial charge is 0.139 e. The first-order valence-corrected chi connectivity index (χ1v) is 11.5. The Labute approximate surface area is 196 Å². The molecule has 3 aromatic heterocycles. The van der Waals surface area contributed by atoms with Gasteiger partial charge in [-0.2, -0.15) is 0 Å². The number of nitrogens with zero attached hydrogens (tertiary/aromatic N) is 1. The first-order chi connectivity index (χ1) is 16.7. The lowest BCUT2D eigenvalue weighted by atomic mass is 9.92. The summed E-state index contributed by atoms with van der Waals surface area (Å²) in [6, 6.07) is 29.1. The number of aromatic nitrogens is 1. The van der Waals surface area contributed by atoms with E-state index in [1.165, 1.54) is 11.1 Å². The predicted molar refractivity (Wildman–Crippen MR) is 139 cm³/mol. The topological polar surface area (TPSA) is 39.2 Å². The van der Waals surface area contributed by atoms with E-state index < -0.39 is 0 Å². The summed E-state index contributed by atoms with van der Waals surface area (Å²) in [4.78, 5) is 4.68. The summed E-state index contributed by atoms with van der Waals surface area (Å²) in [5.41, 5.74) is 10.1. The third-order valence-corrected chi connectivity index (χ3v) is 6.78. The van der Waals surface area contributed by atoms with Gasteiger partial charge in [-0.25, -0.2) is 0 Å². The Morgan fingerprint density at radius 2 is 1.15 bits per heavy atom. The number of aryl methyl sites for hydroxylation is 2. The van der Waals surface area contributed by atoms with Crippen LogP contribution in [0.2, 0.25) is 0 Å². The molecule has 0 aliphatic carbocycles. The average Bonchev–Trinajstić information content (AvgIpc) is 3.42. The number of pyridine rings is 1. The molecule has 0 N–H and O–H groups in total. The van der Waals surface area contributed by atoms with Crippen LogP contribution in [0.3, 0.4) is 0 Å². The quantitative estimate of drug-likeness (QED) is 0.270. The molecule has 0 unspecified atom stereocenters. The molecule has 7 rings (SSSR count). The van der Waals surface area contributed by atoms with Gasteiger partial charge in [-0.1, -0.05) is 54.6 Å².